The first-order valence-electron chi connectivity index (χ1n) is 7.49. The third-order valence-corrected chi connectivity index (χ3v) is 5.78. The lowest BCUT2D eigenvalue weighted by Crippen LogP contribution is -2.50. The van der Waals surface area contributed by atoms with Gasteiger partial charge in [-0.3, -0.25) is 9.48 Å². The molecule has 0 bridgehead atoms. The van der Waals surface area contributed by atoms with E-state index in [1.807, 2.05) is 30.8 Å². The summed E-state index contributed by atoms with van der Waals surface area (Å²) in [7, 11) is -1.30. The van der Waals surface area contributed by atoms with Crippen LogP contribution in [-0.2, 0) is 21.2 Å². The molecule has 0 unspecified atom stereocenters. The number of nitrogens with zero attached hydrogens (tertiary/aromatic N) is 3. The zero-order valence-corrected chi connectivity index (χ0v) is 14.1. The normalized spacial score (nSPS) is 23.1. The van der Waals surface area contributed by atoms with Crippen LogP contribution in [0.15, 0.2) is 18.5 Å². The van der Waals surface area contributed by atoms with Gasteiger partial charge < -0.3 is 10.2 Å². The second kappa shape index (κ2) is 6.78. The number of hydrogen-bond acceptors (Lipinski definition) is 5. The van der Waals surface area contributed by atoms with Crippen molar-refractivity contribution in [3.63, 3.8) is 0 Å². The van der Waals surface area contributed by atoms with Crippen molar-refractivity contribution in [3.8, 4) is 0 Å². The Labute approximate surface area is 131 Å². The van der Waals surface area contributed by atoms with E-state index in [-0.39, 0.29) is 35.5 Å². The molecule has 1 fully saturated rings. The first kappa shape index (κ1) is 17.0. The van der Waals surface area contributed by atoms with Crippen LogP contribution < -0.4 is 5.32 Å². The van der Waals surface area contributed by atoms with Gasteiger partial charge in [-0.2, -0.15) is 5.10 Å². The van der Waals surface area contributed by atoms with Gasteiger partial charge in [0, 0.05) is 31.5 Å². The van der Waals surface area contributed by atoms with Crippen LogP contribution in [-0.4, -0.2) is 65.7 Å². The average Bonchev–Trinajstić information content (AvgIpc) is 3.06. The Morgan fingerprint density at radius 2 is 2.23 bits per heavy atom. The summed E-state index contributed by atoms with van der Waals surface area (Å²) in [6.07, 6.45) is 4.12. The van der Waals surface area contributed by atoms with Crippen LogP contribution in [0.5, 0.6) is 0 Å². The maximum absolute atomic E-state index is 12.4. The molecule has 3 atom stereocenters. The smallest absolute Gasteiger partial charge is 0.239 e. The predicted molar refractivity (Wildman–Crippen MR) is 84.1 cm³/mol. The van der Waals surface area contributed by atoms with Gasteiger partial charge in [-0.15, -0.1) is 0 Å². The number of amides is 1. The Balaban J connectivity index is 1.86. The van der Waals surface area contributed by atoms with Gasteiger partial charge in [-0.1, -0.05) is 0 Å². The molecule has 0 saturated carbocycles. The van der Waals surface area contributed by atoms with Crippen molar-refractivity contribution in [2.75, 3.05) is 18.6 Å². The summed E-state index contributed by atoms with van der Waals surface area (Å²) in [5.41, 5.74) is 0. The lowest BCUT2D eigenvalue weighted by Gasteiger charge is -2.28. The van der Waals surface area contributed by atoms with E-state index in [9.17, 15) is 13.2 Å². The van der Waals surface area contributed by atoms with Crippen molar-refractivity contribution < 1.29 is 13.2 Å². The summed E-state index contributed by atoms with van der Waals surface area (Å²) in [5.74, 6) is 0.173. The van der Waals surface area contributed by atoms with E-state index in [4.69, 9.17) is 0 Å². The minimum Gasteiger partial charge on any atom is -0.340 e. The Morgan fingerprint density at radius 1 is 1.50 bits per heavy atom. The SMILES string of the molecule is C[C@H](Cn1cccn1)N[C@H](C)C(=O)N(C)[C@@H]1CCS(=O)(=O)C1. The second-order valence-electron chi connectivity index (χ2n) is 6.02. The number of likely N-dealkylation sites (N-methyl/N-ethyl adjacent to an activating group) is 1. The molecular formula is C14H24N4O3S. The molecule has 1 amide bonds. The van der Waals surface area contributed by atoms with E-state index < -0.39 is 9.84 Å². The standard InChI is InChI=1S/C14H24N4O3S/c1-11(9-18-7-4-6-15-18)16-12(2)14(19)17(3)13-5-8-22(20,21)10-13/h4,6-7,11-13,16H,5,8-10H2,1-3H3/t11-,12-,13-/m1/s1. The molecule has 1 saturated heterocycles. The van der Waals surface area contributed by atoms with E-state index in [1.165, 1.54) is 0 Å². The molecule has 1 aliphatic heterocycles. The zero-order valence-electron chi connectivity index (χ0n) is 13.3. The van der Waals surface area contributed by atoms with Gasteiger partial charge in [-0.25, -0.2) is 8.42 Å². The average molecular weight is 328 g/mol. The Bertz CT molecular complexity index is 600. The van der Waals surface area contributed by atoms with E-state index in [1.54, 1.807) is 18.1 Å². The molecule has 0 radical (unpaired) electrons. The fraction of sp³-hybridized carbons (Fsp3) is 0.714. The lowest BCUT2D eigenvalue weighted by atomic mass is 10.2. The van der Waals surface area contributed by atoms with E-state index in [0.717, 1.165) is 0 Å². The zero-order chi connectivity index (χ0) is 16.3. The third kappa shape index (κ3) is 4.30. The summed E-state index contributed by atoms with van der Waals surface area (Å²) in [6.45, 7) is 4.47. The molecule has 1 aromatic heterocycles. The Morgan fingerprint density at radius 3 is 2.77 bits per heavy atom. The molecule has 0 spiro atoms. The number of hydrogen-bond donors (Lipinski definition) is 1. The van der Waals surface area contributed by atoms with Crippen molar-refractivity contribution >= 4 is 15.7 Å². The second-order valence-corrected chi connectivity index (χ2v) is 8.25. The first-order valence-corrected chi connectivity index (χ1v) is 9.31. The molecule has 2 rings (SSSR count). The van der Waals surface area contributed by atoms with Gasteiger partial charge >= 0.3 is 0 Å². The van der Waals surface area contributed by atoms with Crippen LogP contribution in [0.3, 0.4) is 0 Å². The highest BCUT2D eigenvalue weighted by molar-refractivity contribution is 7.91. The molecule has 124 valence electrons. The molecule has 1 aromatic rings. The minimum atomic E-state index is -2.98. The molecule has 0 aliphatic carbocycles. The van der Waals surface area contributed by atoms with Crippen LogP contribution in [0.2, 0.25) is 0 Å². The van der Waals surface area contributed by atoms with Crippen LogP contribution in [0, 0.1) is 0 Å². The summed E-state index contributed by atoms with van der Waals surface area (Å²) < 4.78 is 24.9. The number of aromatic nitrogens is 2. The van der Waals surface area contributed by atoms with Crippen molar-refractivity contribution in [2.45, 2.75) is 44.9 Å². The first-order chi connectivity index (χ1) is 10.3. The molecule has 7 nitrogen and oxygen atoms in total. The molecule has 8 heteroatoms. The summed E-state index contributed by atoms with van der Waals surface area (Å²) in [4.78, 5) is 14.0. The summed E-state index contributed by atoms with van der Waals surface area (Å²) in [6, 6.07) is 1.37. The number of sulfone groups is 1. The van der Waals surface area contributed by atoms with Crippen molar-refractivity contribution in [1.29, 1.82) is 0 Å². The maximum Gasteiger partial charge on any atom is 0.239 e. The molecule has 1 aliphatic rings. The molecule has 1 N–H and O–H groups in total. The van der Waals surface area contributed by atoms with Crippen LogP contribution >= 0.6 is 0 Å². The minimum absolute atomic E-state index is 0.0742. The quantitative estimate of drug-likeness (QED) is 0.788. The largest absolute Gasteiger partial charge is 0.340 e. The number of rotatable bonds is 6. The number of carbonyl (C=O) groups is 1. The number of nitrogens with one attached hydrogen (secondary N) is 1. The van der Waals surface area contributed by atoms with Crippen molar-refractivity contribution in [1.82, 2.24) is 20.0 Å². The molecule has 0 aromatic carbocycles. The highest BCUT2D eigenvalue weighted by atomic mass is 32.2. The van der Waals surface area contributed by atoms with Gasteiger partial charge in [0.15, 0.2) is 9.84 Å². The predicted octanol–water partition coefficient (Wildman–Crippen LogP) is -0.105. The van der Waals surface area contributed by atoms with E-state index in [0.29, 0.717) is 13.0 Å². The van der Waals surface area contributed by atoms with Crippen LogP contribution in [0.4, 0.5) is 0 Å². The van der Waals surface area contributed by atoms with Gasteiger partial charge in [0.2, 0.25) is 5.91 Å². The Hall–Kier alpha value is -1.41. The van der Waals surface area contributed by atoms with Gasteiger partial charge in [0.1, 0.15) is 0 Å². The van der Waals surface area contributed by atoms with Gasteiger partial charge in [0.25, 0.3) is 0 Å². The van der Waals surface area contributed by atoms with Gasteiger partial charge in [0.05, 0.1) is 24.1 Å². The summed E-state index contributed by atoms with van der Waals surface area (Å²) >= 11 is 0. The topological polar surface area (TPSA) is 84.3 Å². The van der Waals surface area contributed by atoms with Crippen molar-refractivity contribution in [3.05, 3.63) is 18.5 Å². The monoisotopic (exact) mass is 328 g/mol. The maximum atomic E-state index is 12.4. The molecular weight excluding hydrogens is 304 g/mol. The third-order valence-electron chi connectivity index (χ3n) is 4.03. The van der Waals surface area contributed by atoms with E-state index in [2.05, 4.69) is 10.4 Å². The molecule has 22 heavy (non-hydrogen) atoms. The highest BCUT2D eigenvalue weighted by Crippen LogP contribution is 2.17. The Kier molecular flexibility index (Phi) is 5.23. The molecule has 2 heterocycles. The van der Waals surface area contributed by atoms with Crippen LogP contribution in [0.1, 0.15) is 20.3 Å². The van der Waals surface area contributed by atoms with Gasteiger partial charge in [-0.05, 0) is 26.3 Å². The fourth-order valence-corrected chi connectivity index (χ4v) is 4.58. The fourth-order valence-electron chi connectivity index (χ4n) is 2.81. The lowest BCUT2D eigenvalue weighted by molar-refractivity contribution is -0.133. The van der Waals surface area contributed by atoms with Crippen LogP contribution in [0.25, 0.3) is 0 Å². The summed E-state index contributed by atoms with van der Waals surface area (Å²) in [5, 5.41) is 7.38. The van der Waals surface area contributed by atoms with E-state index >= 15 is 0 Å². The highest BCUT2D eigenvalue weighted by Gasteiger charge is 2.34. The van der Waals surface area contributed by atoms with Crippen molar-refractivity contribution in [2.24, 2.45) is 0 Å². The number of carbonyl (C=O) groups excluding carboxylic acids is 1.